The summed E-state index contributed by atoms with van der Waals surface area (Å²) in [6.45, 7) is 1.95. The summed E-state index contributed by atoms with van der Waals surface area (Å²) in [6.07, 6.45) is 0. The van der Waals surface area contributed by atoms with E-state index in [1.807, 2.05) is 6.92 Å². The Morgan fingerprint density at radius 3 is 2.62 bits per heavy atom. The van der Waals surface area contributed by atoms with Gasteiger partial charge in [0, 0.05) is 18.5 Å². The van der Waals surface area contributed by atoms with Crippen molar-refractivity contribution in [1.82, 2.24) is 4.31 Å². The first-order chi connectivity index (χ1) is 9.84. The highest BCUT2D eigenvalue weighted by Gasteiger charge is 2.24. The molecular weight excluding hydrogens is 333 g/mol. The second kappa shape index (κ2) is 6.44. The monoisotopic (exact) mass is 347 g/mol. The van der Waals surface area contributed by atoms with Crippen LogP contribution in [0.15, 0.2) is 34.5 Å². The summed E-state index contributed by atoms with van der Waals surface area (Å²) in [6, 6.07) is 7.54. The third-order valence-corrected chi connectivity index (χ3v) is 6.99. The van der Waals surface area contributed by atoms with Crippen molar-refractivity contribution in [2.75, 3.05) is 7.05 Å². The van der Waals surface area contributed by atoms with Crippen LogP contribution in [0.2, 0.25) is 0 Å². The van der Waals surface area contributed by atoms with E-state index in [0.29, 0.717) is 11.4 Å². The molecule has 7 heteroatoms. The zero-order valence-corrected chi connectivity index (χ0v) is 14.0. The molecule has 3 nitrogen and oxygen atoms in total. The summed E-state index contributed by atoms with van der Waals surface area (Å²) in [5, 5.41) is 0. The van der Waals surface area contributed by atoms with Crippen molar-refractivity contribution in [3.05, 3.63) is 52.2 Å². The van der Waals surface area contributed by atoms with E-state index in [-0.39, 0.29) is 16.6 Å². The van der Waals surface area contributed by atoms with Crippen LogP contribution in [0.25, 0.3) is 0 Å². The van der Waals surface area contributed by atoms with Gasteiger partial charge in [0.2, 0.25) is 0 Å². The van der Waals surface area contributed by atoms with Crippen molar-refractivity contribution in [1.29, 1.82) is 0 Å². The van der Waals surface area contributed by atoms with Crippen LogP contribution in [0.4, 0.5) is 4.39 Å². The van der Waals surface area contributed by atoms with Gasteiger partial charge in [0.25, 0.3) is 10.0 Å². The van der Waals surface area contributed by atoms with E-state index in [1.165, 1.54) is 34.8 Å². The molecule has 0 bridgehead atoms. The van der Waals surface area contributed by atoms with Crippen molar-refractivity contribution in [3.8, 4) is 0 Å². The molecule has 0 fully saturated rings. The lowest BCUT2D eigenvalue weighted by Crippen LogP contribution is -2.25. The molecule has 0 amide bonds. The molecule has 0 radical (unpaired) electrons. The summed E-state index contributed by atoms with van der Waals surface area (Å²) >= 11 is 6.96. The van der Waals surface area contributed by atoms with Crippen molar-refractivity contribution in [2.24, 2.45) is 0 Å². The molecule has 1 aromatic heterocycles. The molecular formula is C14H15ClFNO2S2. The van der Waals surface area contributed by atoms with Crippen LogP contribution >= 0.6 is 22.9 Å². The fourth-order valence-electron chi connectivity index (χ4n) is 1.88. The predicted octanol–water partition coefficient (Wildman–Crippen LogP) is 3.76. The molecule has 0 aliphatic rings. The maximum absolute atomic E-state index is 13.2. The molecule has 1 heterocycles. The first-order valence-electron chi connectivity index (χ1n) is 6.20. The third kappa shape index (κ3) is 3.63. The molecule has 0 spiro atoms. The quantitative estimate of drug-likeness (QED) is 0.772. The first kappa shape index (κ1) is 16.4. The molecule has 1 aromatic carbocycles. The van der Waals surface area contributed by atoms with Crippen LogP contribution in [0.1, 0.15) is 16.0 Å². The minimum atomic E-state index is -3.59. The van der Waals surface area contributed by atoms with E-state index in [4.69, 9.17) is 11.6 Å². The van der Waals surface area contributed by atoms with E-state index >= 15 is 0 Å². The van der Waals surface area contributed by atoms with Crippen LogP contribution in [0.5, 0.6) is 0 Å². The van der Waals surface area contributed by atoms with Gasteiger partial charge in [0.05, 0.1) is 5.88 Å². The number of hydrogen-bond acceptors (Lipinski definition) is 3. The normalized spacial score (nSPS) is 12.0. The molecule has 0 unspecified atom stereocenters. The number of halogens is 2. The Bertz CT molecular complexity index is 743. The van der Waals surface area contributed by atoms with E-state index in [2.05, 4.69) is 0 Å². The van der Waals surface area contributed by atoms with Gasteiger partial charge in [-0.25, -0.2) is 12.8 Å². The lowest BCUT2D eigenvalue weighted by atomic mass is 10.2. The summed E-state index contributed by atoms with van der Waals surface area (Å²) in [7, 11) is -2.11. The highest BCUT2D eigenvalue weighted by Crippen LogP contribution is 2.29. The fourth-order valence-corrected chi connectivity index (χ4v) is 5.06. The Morgan fingerprint density at radius 1 is 1.33 bits per heavy atom. The van der Waals surface area contributed by atoms with Gasteiger partial charge in [0.1, 0.15) is 10.0 Å². The highest BCUT2D eigenvalue weighted by molar-refractivity contribution is 7.91. The molecule has 2 rings (SSSR count). The number of rotatable bonds is 5. The molecule has 0 atom stereocenters. The van der Waals surface area contributed by atoms with Crippen molar-refractivity contribution >= 4 is 33.0 Å². The van der Waals surface area contributed by atoms with Gasteiger partial charge in [-0.05, 0) is 36.2 Å². The minimum absolute atomic E-state index is 0.118. The summed E-state index contributed by atoms with van der Waals surface area (Å²) in [5.74, 6) is -0.0886. The highest BCUT2D eigenvalue weighted by atomic mass is 35.5. The number of benzene rings is 1. The Kier molecular flexibility index (Phi) is 5.03. The molecule has 0 aliphatic carbocycles. The lowest BCUT2D eigenvalue weighted by Gasteiger charge is -2.16. The number of alkyl halides is 1. The molecule has 21 heavy (non-hydrogen) atoms. The average Bonchev–Trinajstić information content (AvgIpc) is 2.80. The van der Waals surface area contributed by atoms with Gasteiger partial charge in [-0.1, -0.05) is 12.1 Å². The smallest absolute Gasteiger partial charge is 0.207 e. The Morgan fingerprint density at radius 2 is 2.05 bits per heavy atom. The molecule has 0 N–H and O–H groups in total. The average molecular weight is 348 g/mol. The molecule has 0 saturated heterocycles. The van der Waals surface area contributed by atoms with Crippen molar-refractivity contribution < 1.29 is 12.8 Å². The van der Waals surface area contributed by atoms with Crippen LogP contribution in [-0.2, 0) is 22.4 Å². The SMILES string of the molecule is Cc1cc(S(=O)(=O)N(C)Cc2cccc(F)c2)sc1CCl. The molecule has 0 aliphatic heterocycles. The number of hydrogen-bond donors (Lipinski definition) is 0. The summed E-state index contributed by atoms with van der Waals surface area (Å²) < 4.78 is 39.6. The molecule has 114 valence electrons. The van der Waals surface area contributed by atoms with E-state index in [0.717, 1.165) is 10.4 Å². The number of thiophene rings is 1. The maximum Gasteiger partial charge on any atom is 0.252 e. The Labute approximate surface area is 133 Å². The topological polar surface area (TPSA) is 37.4 Å². The minimum Gasteiger partial charge on any atom is -0.207 e. The zero-order chi connectivity index (χ0) is 15.6. The largest absolute Gasteiger partial charge is 0.252 e. The van der Waals surface area contributed by atoms with E-state index in [1.54, 1.807) is 18.2 Å². The maximum atomic E-state index is 13.2. The standard InChI is InChI=1S/C14H15ClFNO2S2/c1-10-6-14(20-13(10)8-15)21(18,19)17(2)9-11-4-3-5-12(16)7-11/h3-7H,8-9H2,1-2H3. The Hall–Kier alpha value is -0.950. The third-order valence-electron chi connectivity index (χ3n) is 3.08. The van der Waals surface area contributed by atoms with Crippen LogP contribution in [-0.4, -0.2) is 19.8 Å². The number of nitrogens with zero attached hydrogens (tertiary/aromatic N) is 1. The van der Waals surface area contributed by atoms with Crippen molar-refractivity contribution in [2.45, 2.75) is 23.6 Å². The number of aryl methyl sites for hydroxylation is 1. The van der Waals surface area contributed by atoms with Gasteiger partial charge in [0.15, 0.2) is 0 Å². The van der Waals surface area contributed by atoms with Crippen molar-refractivity contribution in [3.63, 3.8) is 0 Å². The van der Waals surface area contributed by atoms with Gasteiger partial charge in [-0.3, -0.25) is 0 Å². The zero-order valence-electron chi connectivity index (χ0n) is 11.6. The van der Waals surface area contributed by atoms with E-state index in [9.17, 15) is 12.8 Å². The Balaban J connectivity index is 2.26. The van der Waals surface area contributed by atoms with Gasteiger partial charge in [-0.2, -0.15) is 4.31 Å². The second-order valence-electron chi connectivity index (χ2n) is 4.70. The van der Waals surface area contributed by atoms with Gasteiger partial charge in [-0.15, -0.1) is 22.9 Å². The van der Waals surface area contributed by atoms with Crippen LogP contribution < -0.4 is 0 Å². The van der Waals surface area contributed by atoms with E-state index < -0.39 is 10.0 Å². The first-order valence-corrected chi connectivity index (χ1v) is 8.99. The second-order valence-corrected chi connectivity index (χ2v) is 8.37. The van der Waals surface area contributed by atoms with Crippen LogP contribution in [0.3, 0.4) is 0 Å². The summed E-state index contributed by atoms with van der Waals surface area (Å²) in [5.41, 5.74) is 1.47. The van der Waals surface area contributed by atoms with Gasteiger partial charge >= 0.3 is 0 Å². The number of sulfonamides is 1. The fraction of sp³-hybridized carbons (Fsp3) is 0.286. The van der Waals surface area contributed by atoms with Gasteiger partial charge < -0.3 is 0 Å². The molecule has 2 aromatic rings. The summed E-state index contributed by atoms with van der Waals surface area (Å²) in [4.78, 5) is 0.842. The lowest BCUT2D eigenvalue weighted by molar-refractivity contribution is 0.467. The predicted molar refractivity (Wildman–Crippen MR) is 83.7 cm³/mol. The molecule has 0 saturated carbocycles. The van der Waals surface area contributed by atoms with Crippen LogP contribution in [0, 0.1) is 12.7 Å².